The zero-order valence-corrected chi connectivity index (χ0v) is 11.0. The Morgan fingerprint density at radius 3 is 1.77 bits per heavy atom. The number of H-pyrrole nitrogens is 1. The molecule has 0 aliphatic carbocycles. The van der Waals surface area contributed by atoms with Crippen LogP contribution in [0.4, 0.5) is 5.69 Å². The minimum atomic E-state index is -1.06. The van der Waals surface area contributed by atoms with Crippen LogP contribution in [0.5, 0.6) is 0 Å². The van der Waals surface area contributed by atoms with Gasteiger partial charge in [0.15, 0.2) is 0 Å². The number of nitrogens with one attached hydrogen (secondary N) is 2. The van der Waals surface area contributed by atoms with E-state index in [0.29, 0.717) is 11.4 Å². The molecule has 4 N–H and O–H groups in total. The second kappa shape index (κ2) is 5.92. The topological polar surface area (TPSA) is 137 Å². The Hall–Kier alpha value is -3.42. The zero-order chi connectivity index (χ0) is 16.3. The molecule has 3 rings (SSSR count). The number of carboxylic acid groups (broad SMARTS) is 2. The summed E-state index contributed by atoms with van der Waals surface area (Å²) in [4.78, 5) is 44.8. The minimum Gasteiger partial charge on any atom is -0.478 e. The van der Waals surface area contributed by atoms with Crippen LogP contribution >= 0.6 is 0 Å². The van der Waals surface area contributed by atoms with Gasteiger partial charge in [0.05, 0.1) is 16.8 Å². The first-order valence-corrected chi connectivity index (χ1v) is 6.00. The number of carbonyl (C=O) groups is 4. The predicted octanol–water partition coefficient (Wildman–Crippen LogP) is 1.23. The SMILES string of the molecule is O=C(O)c1ccc(C(=O)O)cc1.O=C1Nc2cc[nH]c2C1=O. The van der Waals surface area contributed by atoms with Gasteiger partial charge in [-0.25, -0.2) is 9.59 Å². The highest BCUT2D eigenvalue weighted by molar-refractivity contribution is 6.51. The van der Waals surface area contributed by atoms with E-state index in [2.05, 4.69) is 10.3 Å². The Bertz CT molecular complexity index is 727. The van der Waals surface area contributed by atoms with Gasteiger partial charge in [-0.2, -0.15) is 0 Å². The smallest absolute Gasteiger partial charge is 0.335 e. The number of hydrogen-bond donors (Lipinski definition) is 4. The molecule has 0 fully saturated rings. The number of aromatic carboxylic acids is 2. The van der Waals surface area contributed by atoms with Crippen molar-refractivity contribution in [2.45, 2.75) is 0 Å². The highest BCUT2D eigenvalue weighted by Gasteiger charge is 2.28. The third-order valence-electron chi connectivity index (χ3n) is 2.81. The lowest BCUT2D eigenvalue weighted by atomic mass is 10.1. The summed E-state index contributed by atoms with van der Waals surface area (Å²) in [6, 6.07) is 6.67. The Labute approximate surface area is 123 Å². The summed E-state index contributed by atoms with van der Waals surface area (Å²) in [6.45, 7) is 0. The molecule has 0 saturated heterocycles. The standard InChI is InChI=1S/C8H6O4.C6H4N2O2/c9-7(10)5-1-2-6(4-3-5)8(11)12;9-5-4-3(1-2-7-4)8-6(5)10/h1-4H,(H,9,10)(H,11,12);1-2,7H,(H,8,9,10). The van der Waals surface area contributed by atoms with Crippen LogP contribution < -0.4 is 5.32 Å². The van der Waals surface area contributed by atoms with Crippen LogP contribution in [0.3, 0.4) is 0 Å². The number of rotatable bonds is 2. The van der Waals surface area contributed by atoms with Crippen LogP contribution in [0.1, 0.15) is 31.2 Å². The van der Waals surface area contributed by atoms with Gasteiger partial charge >= 0.3 is 11.9 Å². The fourth-order valence-electron chi connectivity index (χ4n) is 1.71. The first kappa shape index (κ1) is 15.0. The number of carbonyl (C=O) groups excluding carboxylic acids is 2. The van der Waals surface area contributed by atoms with Crippen molar-refractivity contribution in [2.24, 2.45) is 0 Å². The van der Waals surface area contributed by atoms with Crippen LogP contribution in [0, 0.1) is 0 Å². The summed E-state index contributed by atoms with van der Waals surface area (Å²) >= 11 is 0. The number of carboxylic acids is 2. The average molecular weight is 302 g/mol. The maximum Gasteiger partial charge on any atom is 0.335 e. The number of anilines is 1. The van der Waals surface area contributed by atoms with Crippen LogP contribution in [-0.2, 0) is 4.79 Å². The Kier molecular flexibility index (Phi) is 4.03. The van der Waals surface area contributed by atoms with Crippen molar-refractivity contribution >= 4 is 29.3 Å². The fourth-order valence-corrected chi connectivity index (χ4v) is 1.71. The Morgan fingerprint density at radius 2 is 1.36 bits per heavy atom. The number of aromatic nitrogens is 1. The largest absolute Gasteiger partial charge is 0.478 e. The fraction of sp³-hybridized carbons (Fsp3) is 0. The Morgan fingerprint density at radius 1 is 0.864 bits per heavy atom. The second-order valence-corrected chi connectivity index (χ2v) is 4.24. The maximum absolute atomic E-state index is 10.8. The number of benzene rings is 1. The van der Waals surface area contributed by atoms with Gasteiger partial charge in [0, 0.05) is 6.20 Å². The van der Waals surface area contributed by atoms with E-state index in [-0.39, 0.29) is 11.1 Å². The molecule has 1 aromatic carbocycles. The molecule has 0 unspecified atom stereocenters. The molecule has 2 heterocycles. The molecule has 1 aliphatic rings. The molecule has 0 saturated carbocycles. The van der Waals surface area contributed by atoms with Crippen LogP contribution in [0.2, 0.25) is 0 Å². The number of aromatic amines is 1. The molecular formula is C14H10N2O6. The molecule has 8 nitrogen and oxygen atoms in total. The third kappa shape index (κ3) is 3.01. The first-order chi connectivity index (χ1) is 10.4. The molecular weight excluding hydrogens is 292 g/mol. The van der Waals surface area contributed by atoms with E-state index in [1.54, 1.807) is 12.3 Å². The molecule has 1 aromatic heterocycles. The molecule has 0 bridgehead atoms. The van der Waals surface area contributed by atoms with Gasteiger partial charge in [0.1, 0.15) is 5.69 Å². The summed E-state index contributed by atoms with van der Waals surface area (Å²) in [7, 11) is 0. The van der Waals surface area contributed by atoms with E-state index >= 15 is 0 Å². The third-order valence-corrected chi connectivity index (χ3v) is 2.81. The lowest BCUT2D eigenvalue weighted by Crippen LogP contribution is -2.13. The van der Waals surface area contributed by atoms with Gasteiger partial charge in [0.2, 0.25) is 0 Å². The van der Waals surface area contributed by atoms with E-state index < -0.39 is 23.6 Å². The van der Waals surface area contributed by atoms with Crippen molar-refractivity contribution in [3.63, 3.8) is 0 Å². The van der Waals surface area contributed by atoms with Crippen LogP contribution in [0.15, 0.2) is 36.5 Å². The second-order valence-electron chi connectivity index (χ2n) is 4.24. The van der Waals surface area contributed by atoms with Crippen molar-refractivity contribution in [1.82, 2.24) is 4.98 Å². The number of hydrogen-bond acceptors (Lipinski definition) is 4. The number of fused-ring (bicyclic) bond motifs is 1. The average Bonchev–Trinajstić information content (AvgIpc) is 3.04. The van der Waals surface area contributed by atoms with Gasteiger partial charge in [-0.3, -0.25) is 9.59 Å². The predicted molar refractivity (Wildman–Crippen MR) is 74.1 cm³/mol. The molecule has 22 heavy (non-hydrogen) atoms. The molecule has 1 aliphatic heterocycles. The van der Waals surface area contributed by atoms with E-state index in [4.69, 9.17) is 10.2 Å². The molecule has 0 atom stereocenters. The maximum atomic E-state index is 10.8. The van der Waals surface area contributed by atoms with E-state index in [1.807, 2.05) is 0 Å². The van der Waals surface area contributed by atoms with Crippen molar-refractivity contribution in [3.8, 4) is 0 Å². The lowest BCUT2D eigenvalue weighted by Gasteiger charge is -1.94. The first-order valence-electron chi connectivity index (χ1n) is 6.00. The Balaban J connectivity index is 0.000000162. The summed E-state index contributed by atoms with van der Waals surface area (Å²) in [6.07, 6.45) is 1.61. The number of Topliss-reactive ketones (excluding diaryl/α,β-unsaturated/α-hetero) is 1. The van der Waals surface area contributed by atoms with Gasteiger partial charge in [0.25, 0.3) is 11.7 Å². The molecule has 0 radical (unpaired) electrons. The van der Waals surface area contributed by atoms with Crippen molar-refractivity contribution in [3.05, 3.63) is 53.3 Å². The quantitative estimate of drug-likeness (QED) is 0.616. The number of ketones is 1. The van der Waals surface area contributed by atoms with Gasteiger partial charge in [-0.05, 0) is 30.3 Å². The summed E-state index contributed by atoms with van der Waals surface area (Å²) in [5.74, 6) is -3.17. The lowest BCUT2D eigenvalue weighted by molar-refractivity contribution is -0.112. The molecule has 2 aromatic rings. The van der Waals surface area contributed by atoms with Crippen molar-refractivity contribution in [1.29, 1.82) is 0 Å². The van der Waals surface area contributed by atoms with E-state index in [9.17, 15) is 19.2 Å². The summed E-state index contributed by atoms with van der Waals surface area (Å²) in [5, 5.41) is 19.3. The van der Waals surface area contributed by atoms with Gasteiger partial charge < -0.3 is 20.5 Å². The van der Waals surface area contributed by atoms with Gasteiger partial charge in [-0.1, -0.05) is 0 Å². The summed E-state index contributed by atoms with van der Waals surface area (Å²) < 4.78 is 0. The minimum absolute atomic E-state index is 0.0833. The van der Waals surface area contributed by atoms with Crippen molar-refractivity contribution < 1.29 is 29.4 Å². The summed E-state index contributed by atoms with van der Waals surface area (Å²) in [5.41, 5.74) is 1.11. The highest BCUT2D eigenvalue weighted by Crippen LogP contribution is 2.19. The molecule has 0 spiro atoms. The molecule has 8 heteroatoms. The van der Waals surface area contributed by atoms with E-state index in [0.717, 1.165) is 0 Å². The van der Waals surface area contributed by atoms with Crippen molar-refractivity contribution in [2.75, 3.05) is 5.32 Å². The van der Waals surface area contributed by atoms with Crippen LogP contribution in [0.25, 0.3) is 0 Å². The van der Waals surface area contributed by atoms with Crippen LogP contribution in [-0.4, -0.2) is 38.8 Å². The monoisotopic (exact) mass is 302 g/mol. The highest BCUT2D eigenvalue weighted by atomic mass is 16.4. The molecule has 1 amide bonds. The normalized spacial score (nSPS) is 12.0. The van der Waals surface area contributed by atoms with E-state index in [1.165, 1.54) is 24.3 Å². The molecule has 112 valence electrons. The van der Waals surface area contributed by atoms with Gasteiger partial charge in [-0.15, -0.1) is 0 Å². The zero-order valence-electron chi connectivity index (χ0n) is 11.0. The number of amides is 1.